The van der Waals surface area contributed by atoms with Crippen molar-refractivity contribution in [3.05, 3.63) is 62.7 Å². The van der Waals surface area contributed by atoms with Gasteiger partial charge in [-0.2, -0.15) is 0 Å². The number of carbonyl (C=O) groups is 1. The molecule has 176 valence electrons. The molecular formula is C23H27BrFN5O3. The molecule has 0 spiro atoms. The van der Waals surface area contributed by atoms with Crippen molar-refractivity contribution in [2.24, 2.45) is 5.11 Å². The van der Waals surface area contributed by atoms with Crippen molar-refractivity contribution in [2.45, 2.75) is 31.7 Å². The van der Waals surface area contributed by atoms with Crippen LogP contribution in [-0.2, 0) is 0 Å². The Bertz CT molecular complexity index is 1020. The lowest BCUT2D eigenvalue weighted by molar-refractivity contribution is 0.0827. The Kier molecular flexibility index (Phi) is 8.55. The fourth-order valence-corrected chi connectivity index (χ4v) is 4.18. The number of piperidine rings is 1. The van der Waals surface area contributed by atoms with Crippen LogP contribution in [0.1, 0.15) is 36.5 Å². The van der Waals surface area contributed by atoms with E-state index in [4.69, 9.17) is 15.0 Å². The number of nitrogens with one attached hydrogen (secondary N) is 1. The first kappa shape index (κ1) is 24.8. The number of hydrogen-bond acceptors (Lipinski definition) is 5. The molecule has 1 aliphatic rings. The average molecular weight is 520 g/mol. The molecule has 0 bridgehead atoms. The van der Waals surface area contributed by atoms with Gasteiger partial charge >= 0.3 is 0 Å². The lowest BCUT2D eigenvalue weighted by atomic mass is 9.89. The summed E-state index contributed by atoms with van der Waals surface area (Å²) in [5, 5.41) is 6.75. The number of methoxy groups -OCH3 is 1. The molecule has 1 heterocycles. The van der Waals surface area contributed by atoms with Crippen molar-refractivity contribution in [3.8, 4) is 11.5 Å². The highest BCUT2D eigenvalue weighted by molar-refractivity contribution is 9.10. The molecule has 8 nitrogen and oxygen atoms in total. The maximum absolute atomic E-state index is 13.0. The molecule has 2 aromatic rings. The van der Waals surface area contributed by atoms with Crippen LogP contribution < -0.4 is 14.8 Å². The Hall–Kier alpha value is -2.81. The molecule has 1 saturated heterocycles. The minimum Gasteiger partial charge on any atom is -0.496 e. The Morgan fingerprint density at radius 3 is 2.64 bits per heavy atom. The molecule has 0 unspecified atom stereocenters. The molecule has 0 atom stereocenters. The molecular weight excluding hydrogens is 493 g/mol. The van der Waals surface area contributed by atoms with Crippen LogP contribution in [0.2, 0.25) is 0 Å². The van der Waals surface area contributed by atoms with Crippen LogP contribution in [0.15, 0.2) is 46.0 Å². The fraction of sp³-hybridized carbons (Fsp3) is 0.435. The van der Waals surface area contributed by atoms with Gasteiger partial charge in [0.25, 0.3) is 5.91 Å². The van der Waals surface area contributed by atoms with Crippen molar-refractivity contribution in [3.63, 3.8) is 0 Å². The fourth-order valence-electron chi connectivity index (χ4n) is 3.76. The molecule has 2 aromatic carbocycles. The van der Waals surface area contributed by atoms with E-state index < -0.39 is 0 Å². The van der Waals surface area contributed by atoms with Crippen LogP contribution in [-0.4, -0.2) is 49.7 Å². The lowest BCUT2D eigenvalue weighted by Crippen LogP contribution is -2.53. The van der Waals surface area contributed by atoms with Crippen molar-refractivity contribution < 1.29 is 18.7 Å². The largest absolute Gasteiger partial charge is 0.496 e. The van der Waals surface area contributed by atoms with E-state index in [9.17, 15) is 9.18 Å². The Balaban J connectivity index is 1.49. The summed E-state index contributed by atoms with van der Waals surface area (Å²) in [7, 11) is 1.47. The number of hydrogen-bond donors (Lipinski definition) is 1. The molecule has 1 fully saturated rings. The lowest BCUT2D eigenvalue weighted by Gasteiger charge is -2.40. The van der Waals surface area contributed by atoms with Crippen LogP contribution in [0.4, 0.5) is 10.1 Å². The Morgan fingerprint density at radius 2 is 2.00 bits per heavy atom. The second-order valence-electron chi connectivity index (χ2n) is 8.21. The number of benzene rings is 2. The first-order chi connectivity index (χ1) is 15.8. The molecule has 0 saturated carbocycles. The van der Waals surface area contributed by atoms with Crippen molar-refractivity contribution in [1.82, 2.24) is 10.2 Å². The van der Waals surface area contributed by atoms with Gasteiger partial charge in [0.15, 0.2) is 0 Å². The van der Waals surface area contributed by atoms with Gasteiger partial charge in [0.2, 0.25) is 0 Å². The topological polar surface area (TPSA) is 99.6 Å². The van der Waals surface area contributed by atoms with E-state index >= 15 is 0 Å². The highest BCUT2D eigenvalue weighted by Crippen LogP contribution is 2.34. The van der Waals surface area contributed by atoms with E-state index in [0.717, 1.165) is 38.9 Å². The number of carbonyl (C=O) groups excluding carboxylic acids is 1. The summed E-state index contributed by atoms with van der Waals surface area (Å²) in [5.74, 6) is 0.505. The van der Waals surface area contributed by atoms with Gasteiger partial charge in [-0.15, -0.1) is 0 Å². The van der Waals surface area contributed by atoms with E-state index in [2.05, 4.69) is 43.1 Å². The third-order valence-electron chi connectivity index (χ3n) is 5.74. The third kappa shape index (κ3) is 6.83. The van der Waals surface area contributed by atoms with Gasteiger partial charge in [0.1, 0.15) is 17.3 Å². The number of azide groups is 1. The van der Waals surface area contributed by atoms with E-state index in [1.54, 1.807) is 18.2 Å². The van der Waals surface area contributed by atoms with E-state index in [1.807, 2.05) is 0 Å². The minimum absolute atomic E-state index is 0.233. The normalized spacial score (nSPS) is 15.4. The van der Waals surface area contributed by atoms with Crippen LogP contribution in [0, 0.1) is 5.82 Å². The average Bonchev–Trinajstić information content (AvgIpc) is 2.80. The summed E-state index contributed by atoms with van der Waals surface area (Å²) in [4.78, 5) is 18.1. The van der Waals surface area contributed by atoms with Gasteiger partial charge < -0.3 is 19.7 Å². The molecule has 0 radical (unpaired) electrons. The van der Waals surface area contributed by atoms with Crippen LogP contribution in [0.25, 0.3) is 10.4 Å². The zero-order valence-electron chi connectivity index (χ0n) is 18.7. The predicted molar refractivity (Wildman–Crippen MR) is 128 cm³/mol. The summed E-state index contributed by atoms with van der Waals surface area (Å²) in [6, 6.07) is 9.18. The van der Waals surface area contributed by atoms with E-state index in [1.165, 1.54) is 25.3 Å². The number of ether oxygens (including phenoxy) is 2. The molecule has 10 heteroatoms. The number of rotatable bonds is 9. The molecule has 3 rings (SSSR count). The summed E-state index contributed by atoms with van der Waals surface area (Å²) in [5.41, 5.74) is 9.08. The van der Waals surface area contributed by atoms with Crippen LogP contribution in [0.5, 0.6) is 11.5 Å². The predicted octanol–water partition coefficient (Wildman–Crippen LogP) is 5.59. The third-order valence-corrected chi connectivity index (χ3v) is 6.38. The second-order valence-corrected chi connectivity index (χ2v) is 9.06. The zero-order chi connectivity index (χ0) is 23.8. The SMILES string of the molecule is COc1cc(N=[N+]=[N-])c(Br)cc1C(=O)NC1(C)CCN(CCCOc2ccc(F)cc2)CC1. The van der Waals surface area contributed by atoms with Crippen molar-refractivity contribution in [1.29, 1.82) is 0 Å². The monoisotopic (exact) mass is 519 g/mol. The van der Waals surface area contributed by atoms with E-state index in [-0.39, 0.29) is 17.3 Å². The highest BCUT2D eigenvalue weighted by Gasteiger charge is 2.32. The van der Waals surface area contributed by atoms with Gasteiger partial charge in [0, 0.05) is 34.6 Å². The van der Waals surface area contributed by atoms with Crippen molar-refractivity contribution in [2.75, 3.05) is 33.4 Å². The highest BCUT2D eigenvalue weighted by atomic mass is 79.9. The van der Waals surface area contributed by atoms with Gasteiger partial charge in [-0.3, -0.25) is 4.79 Å². The van der Waals surface area contributed by atoms with Gasteiger partial charge in [-0.05, 0) is 68.1 Å². The molecule has 1 N–H and O–H groups in total. The zero-order valence-corrected chi connectivity index (χ0v) is 20.3. The van der Waals surface area contributed by atoms with Gasteiger partial charge in [-0.25, -0.2) is 4.39 Å². The standard InChI is InChI=1S/C23H27BrFN5O3/c1-23(27-22(31)18-14-19(24)20(28-29-26)15-21(18)32-2)8-11-30(12-9-23)10-3-13-33-17-6-4-16(25)5-7-17/h4-7,14-15H,3,8-13H2,1-2H3,(H,27,31). The molecule has 1 aliphatic heterocycles. The first-order valence-corrected chi connectivity index (χ1v) is 11.5. The van der Waals surface area contributed by atoms with Gasteiger partial charge in [-0.1, -0.05) is 21.0 Å². The molecule has 0 aliphatic carbocycles. The van der Waals surface area contributed by atoms with Crippen LogP contribution in [0.3, 0.4) is 0 Å². The Morgan fingerprint density at radius 1 is 1.30 bits per heavy atom. The molecule has 0 aromatic heterocycles. The summed E-state index contributed by atoms with van der Waals surface area (Å²) in [6.45, 7) is 5.24. The second kappa shape index (κ2) is 11.4. The maximum Gasteiger partial charge on any atom is 0.255 e. The van der Waals surface area contributed by atoms with Crippen molar-refractivity contribution >= 4 is 27.5 Å². The number of amides is 1. The van der Waals surface area contributed by atoms with Gasteiger partial charge in [0.05, 0.1) is 25.0 Å². The number of likely N-dealkylation sites (tertiary alicyclic amines) is 1. The minimum atomic E-state index is -0.334. The maximum atomic E-state index is 13.0. The summed E-state index contributed by atoms with van der Waals surface area (Å²) in [6.07, 6.45) is 2.50. The smallest absolute Gasteiger partial charge is 0.255 e. The summed E-state index contributed by atoms with van der Waals surface area (Å²) >= 11 is 3.34. The quantitative estimate of drug-likeness (QED) is 0.202. The molecule has 33 heavy (non-hydrogen) atoms. The van der Waals surface area contributed by atoms with E-state index in [0.29, 0.717) is 33.8 Å². The first-order valence-electron chi connectivity index (χ1n) is 10.7. The van der Waals surface area contributed by atoms with Crippen LogP contribution >= 0.6 is 15.9 Å². The number of halogens is 2. The number of nitrogens with zero attached hydrogens (tertiary/aromatic N) is 4. The Labute approximate surface area is 200 Å². The summed E-state index contributed by atoms with van der Waals surface area (Å²) < 4.78 is 24.5. The molecule has 1 amide bonds.